The van der Waals surface area contributed by atoms with Crippen LogP contribution in [0.4, 0.5) is 0 Å². The van der Waals surface area contributed by atoms with Crippen molar-refractivity contribution in [2.24, 2.45) is 0 Å². The van der Waals surface area contributed by atoms with Crippen LogP contribution in [0.2, 0.25) is 0 Å². The molecule has 0 spiro atoms. The fourth-order valence-electron chi connectivity index (χ4n) is 0.934. The largest absolute Gasteiger partial charge is 0.467 e. The summed E-state index contributed by atoms with van der Waals surface area (Å²) >= 11 is 0. The number of methoxy groups -OCH3 is 2. The zero-order chi connectivity index (χ0) is 10.4. The van der Waals surface area contributed by atoms with Crippen molar-refractivity contribution in [1.82, 2.24) is 0 Å². The van der Waals surface area contributed by atoms with Gasteiger partial charge in [-0.15, -0.1) is 0 Å². The average molecular weight is 195 g/mol. The summed E-state index contributed by atoms with van der Waals surface area (Å²) in [7, 11) is 2.82. The van der Waals surface area contributed by atoms with Crippen LogP contribution in [0.15, 0.2) is 18.2 Å². The third kappa shape index (κ3) is 2.47. The van der Waals surface area contributed by atoms with Gasteiger partial charge in [-0.25, -0.2) is 4.79 Å². The first-order valence-corrected chi connectivity index (χ1v) is 3.99. The van der Waals surface area contributed by atoms with Crippen LogP contribution in [0.25, 0.3) is 0 Å². The molecule has 0 aliphatic rings. The van der Waals surface area contributed by atoms with Crippen molar-refractivity contribution in [2.75, 3.05) is 21.0 Å². The molecule has 4 nitrogen and oxygen atoms in total. The normalized spacial score (nSPS) is 9.57. The number of carbonyl (C=O) groups excluding carboxylic acids is 1. The summed E-state index contributed by atoms with van der Waals surface area (Å²) < 4.78 is 14.5. The maximum Gasteiger partial charge on any atom is 0.341 e. The van der Waals surface area contributed by atoms with Gasteiger partial charge >= 0.3 is 5.97 Å². The molecule has 0 saturated carbocycles. The first-order chi connectivity index (χ1) is 6.79. The van der Waals surface area contributed by atoms with Crippen LogP contribution in [-0.2, 0) is 9.47 Å². The fraction of sp³-hybridized carbons (Fsp3) is 0.300. The molecule has 0 amide bonds. The summed E-state index contributed by atoms with van der Waals surface area (Å²) in [6, 6.07) is 7.56. The molecule has 1 radical (unpaired) electrons. The van der Waals surface area contributed by atoms with Crippen molar-refractivity contribution in [3.05, 3.63) is 29.8 Å². The van der Waals surface area contributed by atoms with E-state index in [1.807, 2.05) is 0 Å². The molecule has 1 aromatic rings. The lowest BCUT2D eigenvalue weighted by Gasteiger charge is -2.08. The highest BCUT2D eigenvalue weighted by Crippen LogP contribution is 2.18. The Balaban J connectivity index is 2.85. The maximum absolute atomic E-state index is 11.2. The number of esters is 1. The van der Waals surface area contributed by atoms with E-state index >= 15 is 0 Å². The first-order valence-electron chi connectivity index (χ1n) is 3.99. The molecule has 0 saturated heterocycles. The van der Waals surface area contributed by atoms with Crippen molar-refractivity contribution in [2.45, 2.75) is 0 Å². The van der Waals surface area contributed by atoms with Crippen molar-refractivity contribution in [1.29, 1.82) is 0 Å². The zero-order valence-corrected chi connectivity index (χ0v) is 8.07. The molecular weight excluding hydrogens is 184 g/mol. The van der Waals surface area contributed by atoms with Gasteiger partial charge in [0.25, 0.3) is 0 Å². The van der Waals surface area contributed by atoms with Crippen molar-refractivity contribution in [3.63, 3.8) is 0 Å². The molecule has 0 fully saturated rings. The Bertz CT molecular complexity index is 309. The smallest absolute Gasteiger partial charge is 0.341 e. The lowest BCUT2D eigenvalue weighted by molar-refractivity contribution is 0.0465. The summed E-state index contributed by atoms with van der Waals surface area (Å²) in [6.07, 6.45) is 0. The summed E-state index contributed by atoms with van der Waals surface area (Å²) in [5, 5.41) is 0. The van der Waals surface area contributed by atoms with Gasteiger partial charge in [0.05, 0.1) is 7.11 Å². The topological polar surface area (TPSA) is 44.8 Å². The number of hydrogen-bond donors (Lipinski definition) is 0. The standard InChI is InChI=1S/C10H11O4/c1-12-7-14-9-6-4-3-5-8(9)10(11)13-2/h4-6H,7H2,1-2H3. The summed E-state index contributed by atoms with van der Waals surface area (Å²) in [4.78, 5) is 11.2. The van der Waals surface area contributed by atoms with Gasteiger partial charge in [0.2, 0.25) is 0 Å². The van der Waals surface area contributed by atoms with Crippen molar-refractivity contribution >= 4 is 5.97 Å². The van der Waals surface area contributed by atoms with E-state index in [1.54, 1.807) is 12.1 Å². The van der Waals surface area contributed by atoms with Crippen molar-refractivity contribution in [3.8, 4) is 5.75 Å². The van der Waals surface area contributed by atoms with E-state index in [-0.39, 0.29) is 6.79 Å². The summed E-state index contributed by atoms with van der Waals surface area (Å²) in [6.45, 7) is 0.0913. The fourth-order valence-corrected chi connectivity index (χ4v) is 0.934. The number of ether oxygens (including phenoxy) is 3. The molecule has 0 N–H and O–H groups in total. The van der Waals surface area contributed by atoms with E-state index < -0.39 is 5.97 Å². The molecule has 1 rings (SSSR count). The van der Waals surface area contributed by atoms with E-state index in [1.165, 1.54) is 20.3 Å². The Kier molecular flexibility index (Phi) is 3.94. The minimum absolute atomic E-state index is 0.0913. The van der Waals surface area contributed by atoms with E-state index in [0.717, 1.165) is 0 Å². The second-order valence-corrected chi connectivity index (χ2v) is 2.46. The quantitative estimate of drug-likeness (QED) is 0.536. The lowest BCUT2D eigenvalue weighted by atomic mass is 10.2. The highest BCUT2D eigenvalue weighted by Gasteiger charge is 2.11. The Hall–Kier alpha value is -1.55. The maximum atomic E-state index is 11.2. The van der Waals surface area contributed by atoms with Crippen LogP contribution in [0.1, 0.15) is 10.4 Å². The van der Waals surface area contributed by atoms with Crippen LogP contribution in [0, 0.1) is 6.07 Å². The second kappa shape index (κ2) is 5.24. The highest BCUT2D eigenvalue weighted by molar-refractivity contribution is 5.92. The number of rotatable bonds is 4. The molecular formula is C10H11O4. The van der Waals surface area contributed by atoms with Gasteiger partial charge in [-0.2, -0.15) is 0 Å². The monoisotopic (exact) mass is 195 g/mol. The van der Waals surface area contributed by atoms with Crippen LogP contribution in [0.3, 0.4) is 0 Å². The molecule has 4 heteroatoms. The summed E-state index contributed by atoms with van der Waals surface area (Å²) in [5.74, 6) is -0.0228. The van der Waals surface area contributed by atoms with Gasteiger partial charge in [0.15, 0.2) is 6.79 Å². The molecule has 0 unspecified atom stereocenters. The number of carbonyl (C=O) groups is 1. The van der Waals surface area contributed by atoms with Crippen LogP contribution >= 0.6 is 0 Å². The molecule has 0 atom stereocenters. The van der Waals surface area contributed by atoms with E-state index in [0.29, 0.717) is 11.3 Å². The minimum atomic E-state index is -0.451. The molecule has 0 heterocycles. The van der Waals surface area contributed by atoms with E-state index in [9.17, 15) is 4.79 Å². The minimum Gasteiger partial charge on any atom is -0.467 e. The second-order valence-electron chi connectivity index (χ2n) is 2.46. The SMILES string of the molecule is COCOc1cc[c]cc1C(=O)OC. The Morgan fingerprint density at radius 1 is 1.50 bits per heavy atom. The number of benzene rings is 1. The van der Waals surface area contributed by atoms with E-state index in [2.05, 4.69) is 10.8 Å². The highest BCUT2D eigenvalue weighted by atomic mass is 16.7. The van der Waals surface area contributed by atoms with Crippen LogP contribution in [-0.4, -0.2) is 27.0 Å². The predicted molar refractivity (Wildman–Crippen MR) is 49.1 cm³/mol. The molecule has 14 heavy (non-hydrogen) atoms. The Morgan fingerprint density at radius 2 is 2.29 bits per heavy atom. The lowest BCUT2D eigenvalue weighted by Crippen LogP contribution is -2.07. The van der Waals surface area contributed by atoms with Gasteiger partial charge in [0, 0.05) is 7.11 Å². The van der Waals surface area contributed by atoms with Crippen molar-refractivity contribution < 1.29 is 19.0 Å². The predicted octanol–water partition coefficient (Wildman–Crippen LogP) is 1.26. The molecule has 0 bridgehead atoms. The zero-order valence-electron chi connectivity index (χ0n) is 8.07. The Labute approximate surface area is 82.4 Å². The van der Waals surface area contributed by atoms with Gasteiger partial charge in [0.1, 0.15) is 11.3 Å². The molecule has 75 valence electrons. The van der Waals surface area contributed by atoms with E-state index in [4.69, 9.17) is 9.47 Å². The number of hydrogen-bond acceptors (Lipinski definition) is 4. The van der Waals surface area contributed by atoms with Gasteiger partial charge in [-0.1, -0.05) is 6.07 Å². The average Bonchev–Trinajstić information content (AvgIpc) is 2.25. The molecule has 0 aliphatic carbocycles. The molecule has 0 aromatic heterocycles. The van der Waals surface area contributed by atoms with Crippen LogP contribution < -0.4 is 4.74 Å². The van der Waals surface area contributed by atoms with Gasteiger partial charge in [-0.05, 0) is 18.2 Å². The Morgan fingerprint density at radius 3 is 2.93 bits per heavy atom. The first kappa shape index (κ1) is 10.5. The molecule has 0 aliphatic heterocycles. The van der Waals surface area contributed by atoms with Gasteiger partial charge in [-0.3, -0.25) is 0 Å². The third-order valence-corrected chi connectivity index (χ3v) is 1.56. The third-order valence-electron chi connectivity index (χ3n) is 1.56. The summed E-state index contributed by atoms with van der Waals surface area (Å²) in [5.41, 5.74) is 0.340. The van der Waals surface area contributed by atoms with Crippen LogP contribution in [0.5, 0.6) is 5.75 Å². The van der Waals surface area contributed by atoms with Gasteiger partial charge < -0.3 is 14.2 Å². The molecule has 1 aromatic carbocycles.